The second-order valence-electron chi connectivity index (χ2n) is 7.79. The highest BCUT2D eigenvalue weighted by molar-refractivity contribution is 5.76. The van der Waals surface area contributed by atoms with Crippen LogP contribution in [0.3, 0.4) is 0 Å². The first-order chi connectivity index (χ1) is 14.7. The van der Waals surface area contributed by atoms with E-state index >= 15 is 0 Å². The summed E-state index contributed by atoms with van der Waals surface area (Å²) in [6.45, 7) is 4.60. The fourth-order valence-electron chi connectivity index (χ4n) is 3.74. The first-order valence-electron chi connectivity index (χ1n) is 10.7. The van der Waals surface area contributed by atoms with Crippen LogP contribution in [0.25, 0.3) is 11.3 Å². The smallest absolute Gasteiger partial charge is 0.220 e. The number of aromatic nitrogens is 2. The summed E-state index contributed by atoms with van der Waals surface area (Å²) in [5.74, 6) is 2.29. The SMILES string of the molecule is Cc1ccc(-c2cnc(CCC(=O)NCc3cccnc3N3CCCCC3)o2)cc1. The van der Waals surface area contributed by atoms with Gasteiger partial charge in [-0.3, -0.25) is 4.79 Å². The largest absolute Gasteiger partial charge is 0.441 e. The van der Waals surface area contributed by atoms with Crippen molar-refractivity contribution < 1.29 is 9.21 Å². The molecule has 6 nitrogen and oxygen atoms in total. The number of rotatable bonds is 7. The summed E-state index contributed by atoms with van der Waals surface area (Å²) >= 11 is 0. The Labute approximate surface area is 177 Å². The molecule has 6 heteroatoms. The van der Waals surface area contributed by atoms with E-state index in [2.05, 4.69) is 27.1 Å². The maximum atomic E-state index is 12.4. The Morgan fingerprint density at radius 3 is 2.70 bits per heavy atom. The summed E-state index contributed by atoms with van der Waals surface area (Å²) < 4.78 is 5.81. The molecule has 1 N–H and O–H groups in total. The summed E-state index contributed by atoms with van der Waals surface area (Å²) in [4.78, 5) is 23.6. The van der Waals surface area contributed by atoms with Gasteiger partial charge in [0, 0.05) is 49.8 Å². The number of hydrogen-bond donors (Lipinski definition) is 1. The minimum Gasteiger partial charge on any atom is -0.441 e. The van der Waals surface area contributed by atoms with Crippen LogP contribution < -0.4 is 10.2 Å². The predicted octanol–water partition coefficient (Wildman–Crippen LogP) is 4.28. The average Bonchev–Trinajstić information content (AvgIpc) is 3.27. The molecule has 1 fully saturated rings. The molecule has 1 aromatic carbocycles. The maximum absolute atomic E-state index is 12.4. The zero-order valence-corrected chi connectivity index (χ0v) is 17.4. The summed E-state index contributed by atoms with van der Waals surface area (Å²) in [5.41, 5.74) is 3.25. The quantitative estimate of drug-likeness (QED) is 0.636. The first-order valence-corrected chi connectivity index (χ1v) is 10.7. The van der Waals surface area contributed by atoms with Gasteiger partial charge < -0.3 is 14.6 Å². The number of anilines is 1. The van der Waals surface area contributed by atoms with Crippen molar-refractivity contribution in [1.29, 1.82) is 0 Å². The second kappa shape index (κ2) is 9.57. The molecule has 0 radical (unpaired) electrons. The van der Waals surface area contributed by atoms with Crippen molar-refractivity contribution >= 4 is 11.7 Å². The first kappa shape index (κ1) is 20.1. The van der Waals surface area contributed by atoms with Crippen molar-refractivity contribution in [3.63, 3.8) is 0 Å². The average molecular weight is 405 g/mol. The van der Waals surface area contributed by atoms with E-state index in [0.29, 0.717) is 25.3 Å². The van der Waals surface area contributed by atoms with Crippen LogP contribution in [-0.4, -0.2) is 29.0 Å². The van der Waals surface area contributed by atoms with Crippen molar-refractivity contribution in [2.45, 2.75) is 45.6 Å². The predicted molar refractivity (Wildman–Crippen MR) is 117 cm³/mol. The highest BCUT2D eigenvalue weighted by Gasteiger charge is 2.16. The zero-order valence-electron chi connectivity index (χ0n) is 17.4. The minimum atomic E-state index is -0.0152. The maximum Gasteiger partial charge on any atom is 0.220 e. The summed E-state index contributed by atoms with van der Waals surface area (Å²) in [6.07, 6.45) is 8.03. The number of aryl methyl sites for hydroxylation is 2. The third-order valence-electron chi connectivity index (χ3n) is 5.45. The number of benzene rings is 1. The van der Waals surface area contributed by atoms with Gasteiger partial charge in [-0.05, 0) is 32.3 Å². The monoisotopic (exact) mass is 404 g/mol. The van der Waals surface area contributed by atoms with Crippen LogP contribution in [0.4, 0.5) is 5.82 Å². The Bertz CT molecular complexity index is 975. The van der Waals surface area contributed by atoms with E-state index in [1.54, 1.807) is 6.20 Å². The Balaban J connectivity index is 1.29. The van der Waals surface area contributed by atoms with Crippen molar-refractivity contribution in [2.75, 3.05) is 18.0 Å². The molecular weight excluding hydrogens is 376 g/mol. The Hall–Kier alpha value is -3.15. The normalized spacial score (nSPS) is 14.0. The molecule has 0 atom stereocenters. The highest BCUT2D eigenvalue weighted by Crippen LogP contribution is 2.22. The lowest BCUT2D eigenvalue weighted by molar-refractivity contribution is -0.121. The van der Waals surface area contributed by atoms with Gasteiger partial charge in [0.2, 0.25) is 5.91 Å². The van der Waals surface area contributed by atoms with Crippen LogP contribution in [-0.2, 0) is 17.8 Å². The lowest BCUT2D eigenvalue weighted by Crippen LogP contribution is -2.32. The molecule has 1 aliphatic heterocycles. The number of nitrogens with one attached hydrogen (secondary N) is 1. The molecule has 3 heterocycles. The van der Waals surface area contributed by atoms with Crippen LogP contribution in [0.15, 0.2) is 53.2 Å². The Kier molecular flexibility index (Phi) is 6.42. The number of oxazole rings is 1. The van der Waals surface area contributed by atoms with E-state index in [1.165, 1.54) is 24.8 Å². The number of amides is 1. The molecular formula is C24H28N4O2. The molecule has 156 valence electrons. The van der Waals surface area contributed by atoms with Gasteiger partial charge in [-0.2, -0.15) is 0 Å². The van der Waals surface area contributed by atoms with Gasteiger partial charge in [0.25, 0.3) is 0 Å². The molecule has 0 aliphatic carbocycles. The number of carbonyl (C=O) groups excluding carboxylic acids is 1. The molecule has 0 spiro atoms. The summed E-state index contributed by atoms with van der Waals surface area (Å²) in [5, 5.41) is 3.02. The second-order valence-corrected chi connectivity index (χ2v) is 7.79. The molecule has 0 saturated carbocycles. The lowest BCUT2D eigenvalue weighted by Gasteiger charge is -2.29. The van der Waals surface area contributed by atoms with Crippen molar-refractivity contribution in [3.8, 4) is 11.3 Å². The highest BCUT2D eigenvalue weighted by atomic mass is 16.4. The van der Waals surface area contributed by atoms with E-state index < -0.39 is 0 Å². The third kappa shape index (κ3) is 5.06. The standard InChI is InChI=1S/C24H28N4O2/c1-18-7-9-19(10-8-18)21-17-27-23(30-21)12-11-22(29)26-16-20-6-5-13-25-24(20)28-14-3-2-4-15-28/h5-10,13,17H,2-4,11-12,14-16H2,1H3,(H,26,29). The Morgan fingerprint density at radius 1 is 1.10 bits per heavy atom. The molecule has 30 heavy (non-hydrogen) atoms. The fourth-order valence-corrected chi connectivity index (χ4v) is 3.74. The topological polar surface area (TPSA) is 71.3 Å². The van der Waals surface area contributed by atoms with Crippen LogP contribution in [0.1, 0.15) is 42.7 Å². The van der Waals surface area contributed by atoms with E-state index in [1.807, 2.05) is 42.6 Å². The number of hydrogen-bond acceptors (Lipinski definition) is 5. The minimum absolute atomic E-state index is 0.0152. The Morgan fingerprint density at radius 2 is 1.90 bits per heavy atom. The van der Waals surface area contributed by atoms with Crippen molar-refractivity contribution in [1.82, 2.24) is 15.3 Å². The van der Waals surface area contributed by atoms with Crippen LogP contribution in [0.2, 0.25) is 0 Å². The lowest BCUT2D eigenvalue weighted by atomic mass is 10.1. The molecule has 2 aromatic heterocycles. The molecule has 3 aromatic rings. The molecule has 4 rings (SSSR count). The van der Waals surface area contributed by atoms with Crippen LogP contribution >= 0.6 is 0 Å². The summed E-state index contributed by atoms with van der Waals surface area (Å²) in [7, 11) is 0. The van der Waals surface area contributed by atoms with Gasteiger partial charge in [0.1, 0.15) is 5.82 Å². The van der Waals surface area contributed by atoms with E-state index in [9.17, 15) is 4.79 Å². The van der Waals surface area contributed by atoms with Crippen molar-refractivity contribution in [2.24, 2.45) is 0 Å². The van der Waals surface area contributed by atoms with Crippen LogP contribution in [0.5, 0.6) is 0 Å². The zero-order chi connectivity index (χ0) is 20.8. The molecule has 0 bridgehead atoms. The van der Waals surface area contributed by atoms with Gasteiger partial charge in [-0.1, -0.05) is 35.9 Å². The molecule has 1 amide bonds. The van der Waals surface area contributed by atoms with Crippen LogP contribution in [0, 0.1) is 6.92 Å². The third-order valence-corrected chi connectivity index (χ3v) is 5.45. The molecule has 1 saturated heterocycles. The van der Waals surface area contributed by atoms with E-state index in [-0.39, 0.29) is 5.91 Å². The van der Waals surface area contributed by atoms with Gasteiger partial charge in [-0.15, -0.1) is 0 Å². The molecule has 0 unspecified atom stereocenters. The number of piperidine rings is 1. The van der Waals surface area contributed by atoms with Gasteiger partial charge in [0.05, 0.1) is 6.20 Å². The van der Waals surface area contributed by atoms with Crippen molar-refractivity contribution in [3.05, 3.63) is 65.8 Å². The van der Waals surface area contributed by atoms with E-state index in [0.717, 1.165) is 35.8 Å². The van der Waals surface area contributed by atoms with E-state index in [4.69, 9.17) is 4.42 Å². The number of nitrogens with zero attached hydrogens (tertiary/aromatic N) is 3. The molecule has 1 aliphatic rings. The van der Waals surface area contributed by atoms with Gasteiger partial charge in [-0.25, -0.2) is 9.97 Å². The summed E-state index contributed by atoms with van der Waals surface area (Å²) in [6, 6.07) is 12.1. The van der Waals surface area contributed by atoms with Gasteiger partial charge >= 0.3 is 0 Å². The number of pyridine rings is 1. The van der Waals surface area contributed by atoms with Gasteiger partial charge in [0.15, 0.2) is 11.7 Å². The number of carbonyl (C=O) groups is 1. The fraction of sp³-hybridized carbons (Fsp3) is 0.375.